The number of hydrogen-bond acceptors (Lipinski definition) is 3. The number of halogens is 1. The largest absolute Gasteiger partial charge is 0.488 e. The molecule has 0 saturated heterocycles. The number of nitrogens with zero attached hydrogens (tertiary/aromatic N) is 1. The van der Waals surface area contributed by atoms with E-state index in [1.54, 1.807) is 6.08 Å². The molecule has 0 unspecified atom stereocenters. The molecule has 3 aromatic carbocycles. The first kappa shape index (κ1) is 21.6. The van der Waals surface area contributed by atoms with Crippen molar-refractivity contribution < 1.29 is 9.53 Å². The Morgan fingerprint density at radius 2 is 1.67 bits per heavy atom. The minimum atomic E-state index is -0.434. The molecule has 3 rings (SSSR count). The second-order valence-corrected chi connectivity index (χ2v) is 8.12. The zero-order valence-corrected chi connectivity index (χ0v) is 18.9. The minimum Gasteiger partial charge on any atom is -0.488 e. The van der Waals surface area contributed by atoms with Crippen molar-refractivity contribution in [3.05, 3.63) is 98.1 Å². The number of carbonyl (C=O) groups is 1. The van der Waals surface area contributed by atoms with Crippen LogP contribution in [0.25, 0.3) is 6.08 Å². The molecule has 0 saturated carbocycles. The third kappa shape index (κ3) is 5.94. The van der Waals surface area contributed by atoms with Gasteiger partial charge in [0.1, 0.15) is 24.0 Å². The van der Waals surface area contributed by atoms with E-state index in [1.165, 1.54) is 5.56 Å². The summed E-state index contributed by atoms with van der Waals surface area (Å²) in [5, 5.41) is 12.2. The Bertz CT molecular complexity index is 1110. The van der Waals surface area contributed by atoms with Crippen LogP contribution < -0.4 is 10.1 Å². The smallest absolute Gasteiger partial charge is 0.266 e. The van der Waals surface area contributed by atoms with Gasteiger partial charge in [0.15, 0.2) is 0 Å². The fraction of sp³-hybridized carbons (Fsp3) is 0.120. The van der Waals surface area contributed by atoms with E-state index in [-0.39, 0.29) is 5.57 Å². The minimum absolute atomic E-state index is 0.0414. The molecule has 0 aliphatic heterocycles. The molecule has 0 heterocycles. The highest BCUT2D eigenvalue weighted by molar-refractivity contribution is 14.1. The lowest BCUT2D eigenvalue weighted by molar-refractivity contribution is -0.112. The molecule has 1 amide bonds. The van der Waals surface area contributed by atoms with Crippen molar-refractivity contribution in [3.63, 3.8) is 0 Å². The molecule has 1 N–H and O–H groups in total. The van der Waals surface area contributed by atoms with Crippen LogP contribution >= 0.6 is 22.6 Å². The van der Waals surface area contributed by atoms with Gasteiger partial charge in [0.2, 0.25) is 0 Å². The Balaban J connectivity index is 1.69. The van der Waals surface area contributed by atoms with Crippen LogP contribution in [0.5, 0.6) is 5.75 Å². The highest BCUT2D eigenvalue weighted by Crippen LogP contribution is 2.24. The molecular weight excluding hydrogens is 487 g/mol. The van der Waals surface area contributed by atoms with E-state index >= 15 is 0 Å². The summed E-state index contributed by atoms with van der Waals surface area (Å²) in [5.74, 6) is 0.326. The van der Waals surface area contributed by atoms with Crippen molar-refractivity contribution in [2.75, 3.05) is 5.32 Å². The molecule has 3 aromatic rings. The number of ether oxygens (including phenoxy) is 1. The summed E-state index contributed by atoms with van der Waals surface area (Å²) in [6.07, 6.45) is 1.58. The van der Waals surface area contributed by atoms with Crippen molar-refractivity contribution in [2.45, 2.75) is 20.5 Å². The van der Waals surface area contributed by atoms with Crippen LogP contribution in [-0.2, 0) is 11.4 Å². The second-order valence-electron chi connectivity index (χ2n) is 6.95. The van der Waals surface area contributed by atoms with Gasteiger partial charge in [-0.3, -0.25) is 4.79 Å². The lowest BCUT2D eigenvalue weighted by Crippen LogP contribution is -2.13. The van der Waals surface area contributed by atoms with Crippen molar-refractivity contribution in [3.8, 4) is 11.8 Å². The van der Waals surface area contributed by atoms with Crippen LogP contribution in [0, 0.1) is 28.7 Å². The molecule has 0 aliphatic carbocycles. The van der Waals surface area contributed by atoms with Gasteiger partial charge in [-0.2, -0.15) is 5.26 Å². The fourth-order valence-corrected chi connectivity index (χ4v) is 3.41. The fourth-order valence-electron chi connectivity index (χ4n) is 2.72. The SMILES string of the molecule is Cc1ccc(COc2ccc(/C=C(\C#N)C(=O)Nc3ccc(C)cc3)cc2I)cc1. The maximum absolute atomic E-state index is 12.4. The maximum Gasteiger partial charge on any atom is 0.266 e. The van der Waals surface area contributed by atoms with E-state index in [1.807, 2.05) is 67.6 Å². The number of benzene rings is 3. The summed E-state index contributed by atoms with van der Waals surface area (Å²) < 4.78 is 6.82. The van der Waals surface area contributed by atoms with Crippen molar-refractivity contribution in [1.29, 1.82) is 5.26 Å². The summed E-state index contributed by atoms with van der Waals surface area (Å²) in [4.78, 5) is 12.4. The highest BCUT2D eigenvalue weighted by atomic mass is 127. The Kier molecular flexibility index (Phi) is 7.26. The van der Waals surface area contributed by atoms with Crippen LogP contribution in [0.2, 0.25) is 0 Å². The number of amides is 1. The number of nitrogens with one attached hydrogen (secondary N) is 1. The van der Waals surface area contributed by atoms with Crippen LogP contribution in [0.3, 0.4) is 0 Å². The van der Waals surface area contributed by atoms with Gasteiger partial charge in [-0.25, -0.2) is 0 Å². The second kappa shape index (κ2) is 10.1. The highest BCUT2D eigenvalue weighted by Gasteiger charge is 2.10. The standard InChI is InChI=1S/C25H21IN2O2/c1-17-3-7-19(8-4-17)16-30-24-12-9-20(14-23(24)26)13-21(15-27)25(29)28-22-10-5-18(2)6-11-22/h3-14H,16H2,1-2H3,(H,28,29)/b21-13+. The first-order chi connectivity index (χ1) is 14.4. The van der Waals surface area contributed by atoms with E-state index in [0.29, 0.717) is 12.3 Å². The average Bonchev–Trinajstić information content (AvgIpc) is 2.74. The number of hydrogen-bond donors (Lipinski definition) is 1. The number of rotatable bonds is 6. The lowest BCUT2D eigenvalue weighted by Gasteiger charge is -2.10. The Labute approximate surface area is 190 Å². The topological polar surface area (TPSA) is 62.1 Å². The number of carbonyl (C=O) groups excluding carboxylic acids is 1. The van der Waals surface area contributed by atoms with Crippen LogP contribution in [-0.4, -0.2) is 5.91 Å². The summed E-state index contributed by atoms with van der Waals surface area (Å²) in [6, 6.07) is 23.2. The van der Waals surface area contributed by atoms with Crippen molar-refractivity contribution in [2.24, 2.45) is 0 Å². The summed E-state index contributed by atoms with van der Waals surface area (Å²) in [5.41, 5.74) is 4.87. The predicted molar refractivity (Wildman–Crippen MR) is 128 cm³/mol. The van der Waals surface area contributed by atoms with Gasteiger partial charge in [-0.05, 0) is 77.9 Å². The van der Waals surface area contributed by atoms with Gasteiger partial charge in [0.05, 0.1) is 3.57 Å². The van der Waals surface area contributed by atoms with E-state index in [0.717, 1.165) is 26.0 Å². The molecule has 0 bridgehead atoms. The van der Waals surface area contributed by atoms with Gasteiger partial charge < -0.3 is 10.1 Å². The summed E-state index contributed by atoms with van der Waals surface area (Å²) >= 11 is 2.19. The zero-order chi connectivity index (χ0) is 21.5. The molecule has 0 aliphatic rings. The van der Waals surface area contributed by atoms with Crippen LogP contribution in [0.1, 0.15) is 22.3 Å². The molecule has 0 atom stereocenters. The molecule has 0 aromatic heterocycles. The van der Waals surface area contributed by atoms with Crippen LogP contribution in [0.15, 0.2) is 72.3 Å². The van der Waals surface area contributed by atoms with Crippen molar-refractivity contribution >= 4 is 40.3 Å². The van der Waals surface area contributed by atoms with E-state index in [4.69, 9.17) is 4.74 Å². The molecule has 5 heteroatoms. The maximum atomic E-state index is 12.4. The lowest BCUT2D eigenvalue weighted by atomic mass is 10.1. The molecule has 4 nitrogen and oxygen atoms in total. The van der Waals surface area contributed by atoms with Gasteiger partial charge >= 0.3 is 0 Å². The first-order valence-corrected chi connectivity index (χ1v) is 10.5. The average molecular weight is 508 g/mol. The normalized spacial score (nSPS) is 10.9. The van der Waals surface area contributed by atoms with Crippen LogP contribution in [0.4, 0.5) is 5.69 Å². The molecule has 30 heavy (non-hydrogen) atoms. The molecular formula is C25H21IN2O2. The Morgan fingerprint density at radius 1 is 1.03 bits per heavy atom. The Morgan fingerprint density at radius 3 is 2.27 bits per heavy atom. The third-order valence-electron chi connectivity index (χ3n) is 4.46. The van der Waals surface area contributed by atoms with Gasteiger partial charge in [0, 0.05) is 5.69 Å². The van der Waals surface area contributed by atoms with Gasteiger partial charge in [-0.15, -0.1) is 0 Å². The van der Waals surface area contributed by atoms with E-state index in [9.17, 15) is 10.1 Å². The number of aryl methyl sites for hydroxylation is 2. The summed E-state index contributed by atoms with van der Waals surface area (Å²) in [7, 11) is 0. The number of nitriles is 1. The van der Waals surface area contributed by atoms with E-state index in [2.05, 4.69) is 47.0 Å². The third-order valence-corrected chi connectivity index (χ3v) is 5.30. The summed E-state index contributed by atoms with van der Waals surface area (Å²) in [6.45, 7) is 4.51. The van der Waals surface area contributed by atoms with Gasteiger partial charge in [-0.1, -0.05) is 53.6 Å². The molecule has 0 radical (unpaired) electrons. The molecule has 0 spiro atoms. The molecule has 150 valence electrons. The predicted octanol–water partition coefficient (Wildman–Crippen LogP) is 6.03. The Hall–Kier alpha value is -3.11. The first-order valence-electron chi connectivity index (χ1n) is 9.42. The van der Waals surface area contributed by atoms with Gasteiger partial charge in [0.25, 0.3) is 5.91 Å². The quantitative estimate of drug-likeness (QED) is 0.251. The van der Waals surface area contributed by atoms with Crippen molar-refractivity contribution in [1.82, 2.24) is 0 Å². The van der Waals surface area contributed by atoms with E-state index < -0.39 is 5.91 Å². The molecule has 0 fully saturated rings. The zero-order valence-electron chi connectivity index (χ0n) is 16.8. The number of anilines is 1. The monoisotopic (exact) mass is 508 g/mol.